The first-order valence-electron chi connectivity index (χ1n) is 2.71. The molecule has 0 saturated carbocycles. The molecule has 0 aliphatic carbocycles. The Morgan fingerprint density at radius 2 is 1.90 bits per heavy atom. The fourth-order valence-corrected chi connectivity index (χ4v) is 1.55. The number of hydrogen-bond donors (Lipinski definition) is 1. The van der Waals surface area contributed by atoms with E-state index in [2.05, 4.69) is 0 Å². The first-order chi connectivity index (χ1) is 4.63. The topological polar surface area (TPSA) is 64.8 Å². The highest BCUT2D eigenvalue weighted by atomic mass is 28.3. The summed E-state index contributed by atoms with van der Waals surface area (Å²) in [5, 5.41) is 0. The fourth-order valence-electron chi connectivity index (χ4n) is 0.516. The number of nitrogens with two attached hydrogens (primary N) is 1. The number of hydrogen-bond acceptors (Lipinski definition) is 3. The third-order valence-corrected chi connectivity index (χ3v) is 2.76. The van der Waals surface area contributed by atoms with E-state index < -0.39 is 15.5 Å². The van der Waals surface area contributed by atoms with Gasteiger partial charge in [-0.25, -0.2) is 4.79 Å². The number of primary amides is 1. The zero-order valence-electron chi connectivity index (χ0n) is 6.33. The summed E-state index contributed by atoms with van der Waals surface area (Å²) in [6, 6.07) is -0.527. The van der Waals surface area contributed by atoms with E-state index in [4.69, 9.17) is 14.6 Å². The van der Waals surface area contributed by atoms with Crippen molar-refractivity contribution in [3.05, 3.63) is 0 Å². The summed E-state index contributed by atoms with van der Waals surface area (Å²) in [5.41, 5.74) is 4.95. The van der Waals surface area contributed by atoms with Crippen LogP contribution in [0.15, 0.2) is 0 Å². The van der Waals surface area contributed by atoms with Gasteiger partial charge in [0.25, 0.3) is 0 Å². The molecule has 0 atom stereocenters. The van der Waals surface area contributed by atoms with Gasteiger partial charge in [-0.15, -0.1) is 0 Å². The van der Waals surface area contributed by atoms with Gasteiger partial charge in [0.1, 0.15) is 0 Å². The predicted molar refractivity (Wildman–Crippen MR) is 38.5 cm³/mol. The van der Waals surface area contributed by atoms with Crippen LogP contribution in [-0.4, -0.2) is 41.3 Å². The third-order valence-electron chi connectivity index (χ3n) is 1.07. The van der Waals surface area contributed by atoms with Crippen LogP contribution in [0.1, 0.15) is 0 Å². The molecule has 0 aromatic rings. The molecule has 0 aromatic carbocycles. The van der Waals surface area contributed by atoms with Crippen LogP contribution in [0.2, 0.25) is 0 Å². The summed E-state index contributed by atoms with van der Waals surface area (Å²) >= 11 is 0. The number of rotatable bonds is 3. The number of carbonyl (C=O) groups is 1. The Labute approximate surface area is 61.6 Å². The smallest absolute Gasteiger partial charge is 0.384 e. The molecule has 0 saturated heterocycles. The zero-order chi connectivity index (χ0) is 8.15. The van der Waals surface area contributed by atoms with Crippen LogP contribution in [0.3, 0.4) is 0 Å². The maximum Gasteiger partial charge on any atom is 0.445 e. The molecule has 2 N–H and O–H groups in total. The standard InChI is InChI=1S/C4H12N2O3Si/c1-6(4(5)7)10(8-2)9-3/h10H,1-3H3,(H2,5,7). The summed E-state index contributed by atoms with van der Waals surface area (Å²) in [6.07, 6.45) is 0. The zero-order valence-corrected chi connectivity index (χ0v) is 7.48. The number of carbonyl (C=O) groups excluding carboxylic acids is 1. The van der Waals surface area contributed by atoms with Crippen molar-refractivity contribution in [2.75, 3.05) is 21.3 Å². The quantitative estimate of drug-likeness (QED) is 0.544. The van der Waals surface area contributed by atoms with E-state index in [9.17, 15) is 4.79 Å². The molecule has 0 rings (SSSR count). The Kier molecular flexibility index (Phi) is 4.01. The number of urea groups is 1. The lowest BCUT2D eigenvalue weighted by atomic mass is 11.0. The van der Waals surface area contributed by atoms with Crippen molar-refractivity contribution in [2.45, 2.75) is 0 Å². The highest BCUT2D eigenvalue weighted by Crippen LogP contribution is 1.90. The molecular formula is C4H12N2O3Si. The van der Waals surface area contributed by atoms with Crippen molar-refractivity contribution < 1.29 is 13.6 Å². The lowest BCUT2D eigenvalue weighted by molar-refractivity contribution is 0.200. The number of nitrogens with zero attached hydrogens (tertiary/aromatic N) is 1. The maximum atomic E-state index is 10.5. The molecule has 10 heavy (non-hydrogen) atoms. The Balaban J connectivity index is 3.88. The second-order valence-corrected chi connectivity index (χ2v) is 4.06. The van der Waals surface area contributed by atoms with Gasteiger partial charge in [-0.05, 0) is 0 Å². The van der Waals surface area contributed by atoms with E-state index in [1.807, 2.05) is 0 Å². The lowest BCUT2D eigenvalue weighted by Crippen LogP contribution is -2.46. The van der Waals surface area contributed by atoms with E-state index in [0.717, 1.165) is 0 Å². The summed E-state index contributed by atoms with van der Waals surface area (Å²) in [6.45, 7) is 0. The van der Waals surface area contributed by atoms with Gasteiger partial charge in [0.2, 0.25) is 0 Å². The monoisotopic (exact) mass is 164 g/mol. The van der Waals surface area contributed by atoms with Crippen LogP contribution in [0, 0.1) is 0 Å². The average molecular weight is 164 g/mol. The first-order valence-corrected chi connectivity index (χ1v) is 4.17. The molecule has 0 unspecified atom stereocenters. The minimum absolute atomic E-state index is 0.527. The molecule has 2 amide bonds. The van der Waals surface area contributed by atoms with Crippen LogP contribution in [0.25, 0.3) is 0 Å². The molecule has 0 spiro atoms. The van der Waals surface area contributed by atoms with E-state index in [0.29, 0.717) is 0 Å². The predicted octanol–water partition coefficient (Wildman–Crippen LogP) is -0.993. The first kappa shape index (κ1) is 9.41. The molecule has 60 valence electrons. The van der Waals surface area contributed by atoms with Gasteiger partial charge in [-0.1, -0.05) is 0 Å². The highest BCUT2D eigenvalue weighted by molar-refractivity contribution is 6.44. The molecule has 0 fully saturated rings. The molecule has 5 nitrogen and oxygen atoms in total. The summed E-state index contributed by atoms with van der Waals surface area (Å²) in [5.74, 6) is 0. The van der Waals surface area contributed by atoms with Gasteiger partial charge >= 0.3 is 15.5 Å². The van der Waals surface area contributed by atoms with Gasteiger partial charge in [-0.2, -0.15) is 0 Å². The summed E-state index contributed by atoms with van der Waals surface area (Å²) < 4.78 is 11.0. The Hall–Kier alpha value is -0.593. The molecule has 0 bridgehead atoms. The van der Waals surface area contributed by atoms with E-state index in [1.54, 1.807) is 7.05 Å². The Morgan fingerprint density at radius 1 is 1.50 bits per heavy atom. The van der Waals surface area contributed by atoms with E-state index >= 15 is 0 Å². The molecule has 6 heteroatoms. The molecule has 0 radical (unpaired) electrons. The van der Waals surface area contributed by atoms with Gasteiger partial charge in [0.05, 0.1) is 0 Å². The van der Waals surface area contributed by atoms with Crippen LogP contribution in [0.5, 0.6) is 0 Å². The average Bonchev–Trinajstić information content (AvgIpc) is 1.90. The lowest BCUT2D eigenvalue weighted by Gasteiger charge is -2.20. The third kappa shape index (κ3) is 2.34. The van der Waals surface area contributed by atoms with Crippen molar-refractivity contribution in [1.82, 2.24) is 4.57 Å². The van der Waals surface area contributed by atoms with E-state index in [1.165, 1.54) is 18.8 Å². The van der Waals surface area contributed by atoms with Gasteiger partial charge < -0.3 is 19.2 Å². The molecule has 0 aliphatic heterocycles. The minimum Gasteiger partial charge on any atom is -0.384 e. The highest BCUT2D eigenvalue weighted by Gasteiger charge is 2.19. The SMILES string of the molecule is CO[SiH](OC)N(C)C(N)=O. The Bertz CT molecular complexity index is 117. The van der Waals surface area contributed by atoms with Crippen molar-refractivity contribution in [1.29, 1.82) is 0 Å². The van der Waals surface area contributed by atoms with Crippen molar-refractivity contribution in [3.63, 3.8) is 0 Å². The Morgan fingerprint density at radius 3 is 2.00 bits per heavy atom. The van der Waals surface area contributed by atoms with Crippen LogP contribution in [-0.2, 0) is 8.85 Å². The van der Waals surface area contributed by atoms with Crippen molar-refractivity contribution >= 4 is 15.5 Å². The van der Waals surface area contributed by atoms with Gasteiger partial charge in [-0.3, -0.25) is 0 Å². The summed E-state index contributed by atoms with van der Waals surface area (Å²) in [4.78, 5) is 10.5. The second-order valence-electron chi connectivity index (χ2n) is 1.73. The van der Waals surface area contributed by atoms with Crippen molar-refractivity contribution in [2.24, 2.45) is 5.73 Å². The van der Waals surface area contributed by atoms with Gasteiger partial charge in [0.15, 0.2) is 0 Å². The number of amides is 2. The van der Waals surface area contributed by atoms with Crippen molar-refractivity contribution in [3.8, 4) is 0 Å². The van der Waals surface area contributed by atoms with Crippen LogP contribution < -0.4 is 5.73 Å². The molecule has 0 aromatic heterocycles. The maximum absolute atomic E-state index is 10.5. The van der Waals surface area contributed by atoms with Gasteiger partial charge in [0, 0.05) is 21.3 Å². The fraction of sp³-hybridized carbons (Fsp3) is 0.750. The second kappa shape index (κ2) is 4.26. The van der Waals surface area contributed by atoms with Crippen LogP contribution >= 0.6 is 0 Å². The normalized spacial score (nSPS) is 10.0. The molecule has 0 heterocycles. The largest absolute Gasteiger partial charge is 0.445 e. The summed E-state index contributed by atoms with van der Waals surface area (Å²) in [7, 11) is 2.53. The molecule has 0 aliphatic rings. The van der Waals surface area contributed by atoms with E-state index in [-0.39, 0.29) is 0 Å². The van der Waals surface area contributed by atoms with Crippen LogP contribution in [0.4, 0.5) is 4.79 Å². The molecular weight excluding hydrogens is 152 g/mol. The minimum atomic E-state index is -1.99.